The van der Waals surface area contributed by atoms with Crippen molar-refractivity contribution in [3.8, 4) is 0 Å². The van der Waals surface area contributed by atoms with Gasteiger partial charge in [-0.2, -0.15) is 0 Å². The van der Waals surface area contributed by atoms with Gasteiger partial charge < -0.3 is 10.3 Å². The van der Waals surface area contributed by atoms with E-state index in [9.17, 15) is 0 Å². The maximum Gasteiger partial charge on any atom is 0.148 e. The molecular formula is C14H19N5S. The third-order valence-corrected chi connectivity index (χ3v) is 4.96. The second kappa shape index (κ2) is 5.38. The van der Waals surface area contributed by atoms with Gasteiger partial charge in [-0.05, 0) is 36.8 Å². The Labute approximate surface area is 122 Å². The molecule has 3 N–H and O–H groups in total. The van der Waals surface area contributed by atoms with Gasteiger partial charge in [0.1, 0.15) is 18.0 Å². The third-order valence-electron chi connectivity index (χ3n) is 3.96. The van der Waals surface area contributed by atoms with E-state index >= 15 is 0 Å². The van der Waals surface area contributed by atoms with Gasteiger partial charge in [-0.3, -0.25) is 0 Å². The lowest BCUT2D eigenvalue weighted by Crippen LogP contribution is -2.34. The molecule has 106 valence electrons. The van der Waals surface area contributed by atoms with E-state index in [1.165, 1.54) is 10.4 Å². The molecule has 0 fully saturated rings. The monoisotopic (exact) mass is 289 g/mol. The number of nitrogen functional groups attached to an aromatic ring is 1. The summed E-state index contributed by atoms with van der Waals surface area (Å²) in [5, 5.41) is 2.18. The lowest BCUT2D eigenvalue weighted by molar-refractivity contribution is 0.621. The Balaban J connectivity index is 2.02. The number of fused-ring (bicyclic) bond motifs is 1. The Morgan fingerprint density at radius 2 is 2.35 bits per heavy atom. The highest BCUT2D eigenvalue weighted by atomic mass is 32.1. The number of rotatable bonds is 3. The molecule has 2 aromatic rings. The molecule has 2 aromatic heterocycles. The first-order chi connectivity index (χ1) is 9.76. The maximum atomic E-state index is 5.56. The van der Waals surface area contributed by atoms with Crippen molar-refractivity contribution in [2.45, 2.75) is 32.7 Å². The van der Waals surface area contributed by atoms with E-state index in [4.69, 9.17) is 5.84 Å². The number of nitrogens with two attached hydrogens (primary N) is 1. The first kappa shape index (κ1) is 13.3. The molecule has 0 saturated heterocycles. The van der Waals surface area contributed by atoms with Gasteiger partial charge in [0, 0.05) is 17.0 Å². The van der Waals surface area contributed by atoms with Crippen LogP contribution in [-0.2, 0) is 12.8 Å². The van der Waals surface area contributed by atoms with Crippen LogP contribution in [0.2, 0.25) is 0 Å². The molecule has 0 saturated carbocycles. The van der Waals surface area contributed by atoms with Crippen molar-refractivity contribution in [3.05, 3.63) is 33.8 Å². The Bertz CT molecular complexity index is 609. The van der Waals surface area contributed by atoms with Crippen molar-refractivity contribution in [1.29, 1.82) is 0 Å². The number of nitrogens with zero attached hydrogens (tertiary/aromatic N) is 3. The minimum atomic E-state index is 0.343. The number of aromatic nitrogens is 2. The largest absolute Gasteiger partial charge is 0.349 e. The summed E-state index contributed by atoms with van der Waals surface area (Å²) in [6.07, 6.45) is 3.52. The summed E-state index contributed by atoms with van der Waals surface area (Å²) in [4.78, 5) is 12.6. The number of hydrazine groups is 1. The summed E-state index contributed by atoms with van der Waals surface area (Å²) >= 11 is 1.85. The number of nitrogens with one attached hydrogen (secondary N) is 1. The van der Waals surface area contributed by atoms with Gasteiger partial charge in [-0.1, -0.05) is 6.92 Å². The second-order valence-electron chi connectivity index (χ2n) is 4.94. The van der Waals surface area contributed by atoms with Crippen LogP contribution in [0.4, 0.5) is 11.6 Å². The smallest absolute Gasteiger partial charge is 0.148 e. The zero-order valence-electron chi connectivity index (χ0n) is 11.8. The highest BCUT2D eigenvalue weighted by Crippen LogP contribution is 2.37. The molecule has 3 heterocycles. The third kappa shape index (κ3) is 2.05. The zero-order chi connectivity index (χ0) is 14.1. The van der Waals surface area contributed by atoms with Crippen LogP contribution >= 0.6 is 11.3 Å². The molecule has 6 heteroatoms. The SMILES string of the molecule is CCc1c(NN)ncnc1N1CCc2sccc2C1C. The minimum Gasteiger partial charge on any atom is -0.349 e. The van der Waals surface area contributed by atoms with Crippen LogP contribution in [0.5, 0.6) is 0 Å². The fourth-order valence-corrected chi connectivity index (χ4v) is 3.86. The first-order valence-corrected chi connectivity index (χ1v) is 7.77. The van der Waals surface area contributed by atoms with E-state index in [0.717, 1.165) is 36.6 Å². The van der Waals surface area contributed by atoms with Gasteiger partial charge in [0.05, 0.1) is 6.04 Å². The summed E-state index contributed by atoms with van der Waals surface area (Å²) in [6, 6.07) is 2.57. The van der Waals surface area contributed by atoms with Crippen molar-refractivity contribution < 1.29 is 0 Å². The van der Waals surface area contributed by atoms with Crippen LogP contribution in [0.15, 0.2) is 17.8 Å². The van der Waals surface area contributed by atoms with E-state index < -0.39 is 0 Å². The topological polar surface area (TPSA) is 67.1 Å². The van der Waals surface area contributed by atoms with Gasteiger partial charge >= 0.3 is 0 Å². The minimum absolute atomic E-state index is 0.343. The molecule has 5 nitrogen and oxygen atoms in total. The lowest BCUT2D eigenvalue weighted by Gasteiger charge is -2.35. The summed E-state index contributed by atoms with van der Waals surface area (Å²) in [7, 11) is 0. The first-order valence-electron chi connectivity index (χ1n) is 6.89. The van der Waals surface area contributed by atoms with Crippen LogP contribution in [0.25, 0.3) is 0 Å². The molecular weight excluding hydrogens is 270 g/mol. The summed E-state index contributed by atoms with van der Waals surface area (Å²) in [6.45, 7) is 5.33. The van der Waals surface area contributed by atoms with Crippen molar-refractivity contribution in [3.63, 3.8) is 0 Å². The molecule has 0 bridgehead atoms. The molecule has 1 unspecified atom stereocenters. The number of hydrogen-bond acceptors (Lipinski definition) is 6. The number of anilines is 2. The summed E-state index contributed by atoms with van der Waals surface area (Å²) in [5.41, 5.74) is 5.18. The van der Waals surface area contributed by atoms with E-state index in [1.54, 1.807) is 6.33 Å². The molecule has 1 aliphatic heterocycles. The zero-order valence-corrected chi connectivity index (χ0v) is 12.6. The number of hydrogen-bond donors (Lipinski definition) is 2. The average Bonchev–Trinajstić information content (AvgIpc) is 2.96. The van der Waals surface area contributed by atoms with Gasteiger partial charge in [-0.15, -0.1) is 11.3 Å². The fraction of sp³-hybridized carbons (Fsp3) is 0.429. The Kier molecular flexibility index (Phi) is 3.58. The van der Waals surface area contributed by atoms with Crippen LogP contribution < -0.4 is 16.2 Å². The summed E-state index contributed by atoms with van der Waals surface area (Å²) in [5.74, 6) is 7.28. The van der Waals surface area contributed by atoms with E-state index in [-0.39, 0.29) is 0 Å². The van der Waals surface area contributed by atoms with Gasteiger partial charge in [-0.25, -0.2) is 15.8 Å². The molecule has 0 aromatic carbocycles. The highest BCUT2D eigenvalue weighted by molar-refractivity contribution is 7.10. The molecule has 0 spiro atoms. The normalized spacial score (nSPS) is 17.9. The van der Waals surface area contributed by atoms with Crippen LogP contribution in [0.3, 0.4) is 0 Å². The van der Waals surface area contributed by atoms with Gasteiger partial charge in [0.2, 0.25) is 0 Å². The molecule has 3 rings (SSSR count). The van der Waals surface area contributed by atoms with Gasteiger partial charge in [0.15, 0.2) is 0 Å². The van der Waals surface area contributed by atoms with Gasteiger partial charge in [0.25, 0.3) is 0 Å². The second-order valence-corrected chi connectivity index (χ2v) is 5.94. The quantitative estimate of drug-likeness (QED) is 0.671. The predicted octanol–water partition coefficient (Wildman–Crippen LogP) is 2.51. The van der Waals surface area contributed by atoms with E-state index in [1.807, 2.05) is 11.3 Å². The summed E-state index contributed by atoms with van der Waals surface area (Å²) < 4.78 is 0. The standard InChI is InChI=1S/C14H19N5S/c1-3-10-13(18-15)16-8-17-14(10)19-6-4-12-11(9(19)2)5-7-20-12/h5,7-9H,3-4,6,15H2,1-2H3,(H,16,17,18). The average molecular weight is 289 g/mol. The Hall–Kier alpha value is -1.66. The van der Waals surface area contributed by atoms with Crippen molar-refractivity contribution in [2.75, 3.05) is 16.9 Å². The van der Waals surface area contributed by atoms with E-state index in [0.29, 0.717) is 6.04 Å². The van der Waals surface area contributed by atoms with Crippen molar-refractivity contribution in [2.24, 2.45) is 5.84 Å². The highest BCUT2D eigenvalue weighted by Gasteiger charge is 2.27. The fourth-order valence-electron chi connectivity index (χ4n) is 2.90. The van der Waals surface area contributed by atoms with E-state index in [2.05, 4.69) is 45.6 Å². The predicted molar refractivity (Wildman–Crippen MR) is 83.0 cm³/mol. The molecule has 0 radical (unpaired) electrons. The molecule has 0 amide bonds. The number of thiophene rings is 1. The molecule has 0 aliphatic carbocycles. The molecule has 1 aliphatic rings. The van der Waals surface area contributed by atoms with Crippen molar-refractivity contribution in [1.82, 2.24) is 9.97 Å². The van der Waals surface area contributed by atoms with Crippen LogP contribution in [0, 0.1) is 0 Å². The van der Waals surface area contributed by atoms with Crippen LogP contribution in [0.1, 0.15) is 35.9 Å². The Morgan fingerprint density at radius 3 is 3.10 bits per heavy atom. The molecule has 20 heavy (non-hydrogen) atoms. The van der Waals surface area contributed by atoms with Crippen LogP contribution in [-0.4, -0.2) is 16.5 Å². The van der Waals surface area contributed by atoms with Crippen molar-refractivity contribution >= 4 is 23.0 Å². The molecule has 1 atom stereocenters. The lowest BCUT2D eigenvalue weighted by atomic mass is 10.0. The Morgan fingerprint density at radius 1 is 1.50 bits per heavy atom. The maximum absolute atomic E-state index is 5.56.